The van der Waals surface area contributed by atoms with E-state index in [1.165, 1.54) is 0 Å². The minimum absolute atomic E-state index is 0.00630. The fourth-order valence-corrected chi connectivity index (χ4v) is 6.39. The summed E-state index contributed by atoms with van der Waals surface area (Å²) in [5.74, 6) is 1.80. The van der Waals surface area contributed by atoms with Crippen molar-refractivity contribution < 1.29 is 19.1 Å². The number of imidazole rings is 2. The molecule has 1 aliphatic heterocycles. The van der Waals surface area contributed by atoms with Crippen LogP contribution in [0.1, 0.15) is 97.3 Å². The van der Waals surface area contributed by atoms with Crippen molar-refractivity contribution in [3.05, 3.63) is 60.3 Å². The quantitative estimate of drug-likeness (QED) is 0.211. The summed E-state index contributed by atoms with van der Waals surface area (Å²) in [5.41, 5.74) is 4.89. The van der Waals surface area contributed by atoms with Crippen LogP contribution in [-0.2, 0) is 9.47 Å². The monoisotopic (exact) mass is 612 g/mol. The highest BCUT2D eigenvalue weighted by atomic mass is 16.6. The first-order chi connectivity index (χ1) is 21.3. The van der Waals surface area contributed by atoms with E-state index in [-0.39, 0.29) is 30.2 Å². The lowest BCUT2D eigenvalue weighted by molar-refractivity contribution is 0.0218. The van der Waals surface area contributed by atoms with E-state index >= 15 is 0 Å². The summed E-state index contributed by atoms with van der Waals surface area (Å²) < 4.78 is 11.1. The number of rotatable bonds is 5. The minimum atomic E-state index is -0.540. The Bertz CT molecular complexity index is 1680. The van der Waals surface area contributed by atoms with Gasteiger partial charge in [-0.3, -0.25) is 4.90 Å². The van der Waals surface area contributed by atoms with E-state index in [1.807, 2.05) is 53.8 Å². The zero-order valence-electron chi connectivity index (χ0n) is 27.1. The average molecular weight is 613 g/mol. The van der Waals surface area contributed by atoms with Gasteiger partial charge in [0.1, 0.15) is 22.9 Å². The third-order valence-corrected chi connectivity index (χ3v) is 8.39. The molecule has 3 N–H and O–H groups in total. The molecule has 1 saturated carbocycles. The van der Waals surface area contributed by atoms with Crippen molar-refractivity contribution in [3.8, 4) is 22.4 Å². The molecule has 238 valence electrons. The lowest BCUT2D eigenvalue weighted by atomic mass is 10.0. The van der Waals surface area contributed by atoms with Crippen LogP contribution in [0.3, 0.4) is 0 Å². The Labute approximate surface area is 264 Å². The van der Waals surface area contributed by atoms with E-state index in [2.05, 4.69) is 51.7 Å². The molecule has 1 aliphatic carbocycles. The molecule has 2 fully saturated rings. The van der Waals surface area contributed by atoms with E-state index < -0.39 is 11.2 Å². The Morgan fingerprint density at radius 2 is 1.56 bits per heavy atom. The number of carbonyl (C=O) groups excluding carboxylic acids is 2. The molecule has 45 heavy (non-hydrogen) atoms. The van der Waals surface area contributed by atoms with E-state index in [0.29, 0.717) is 6.54 Å². The van der Waals surface area contributed by atoms with Crippen molar-refractivity contribution in [1.29, 1.82) is 0 Å². The lowest BCUT2D eigenvalue weighted by Gasteiger charge is -2.27. The van der Waals surface area contributed by atoms with Crippen LogP contribution < -0.4 is 5.32 Å². The van der Waals surface area contributed by atoms with Gasteiger partial charge in [0.25, 0.3) is 0 Å². The van der Waals surface area contributed by atoms with Crippen LogP contribution in [0.15, 0.2) is 48.7 Å². The van der Waals surface area contributed by atoms with Gasteiger partial charge in [0.15, 0.2) is 0 Å². The largest absolute Gasteiger partial charge is 0.444 e. The third kappa shape index (κ3) is 7.00. The predicted octanol–water partition coefficient (Wildman–Crippen LogP) is 7.85. The summed E-state index contributed by atoms with van der Waals surface area (Å²) in [6.45, 7) is 11.9. The molecule has 3 atom stereocenters. The number of nitrogens with one attached hydrogen (secondary N) is 3. The first-order valence-electron chi connectivity index (χ1n) is 16.0. The van der Waals surface area contributed by atoms with Gasteiger partial charge in [-0.25, -0.2) is 19.6 Å². The summed E-state index contributed by atoms with van der Waals surface area (Å²) in [7, 11) is 0. The molecule has 3 heterocycles. The molecular weight excluding hydrogens is 568 g/mol. The van der Waals surface area contributed by atoms with E-state index in [0.717, 1.165) is 77.2 Å². The molecule has 2 aromatic heterocycles. The Kier molecular flexibility index (Phi) is 8.09. The van der Waals surface area contributed by atoms with E-state index in [4.69, 9.17) is 19.4 Å². The molecular formula is C35H44N6O4. The van der Waals surface area contributed by atoms with Crippen molar-refractivity contribution in [2.75, 3.05) is 6.54 Å². The molecule has 2 aromatic carbocycles. The van der Waals surface area contributed by atoms with Crippen molar-refractivity contribution in [1.82, 2.24) is 30.2 Å². The van der Waals surface area contributed by atoms with Gasteiger partial charge < -0.3 is 24.8 Å². The number of hydrogen-bond donors (Lipinski definition) is 3. The van der Waals surface area contributed by atoms with Gasteiger partial charge in [-0.05, 0) is 96.0 Å². The smallest absolute Gasteiger partial charge is 0.410 e. The zero-order valence-corrected chi connectivity index (χ0v) is 27.1. The minimum Gasteiger partial charge on any atom is -0.444 e. The van der Waals surface area contributed by atoms with Crippen LogP contribution in [0.4, 0.5) is 9.59 Å². The number of carbonyl (C=O) groups is 2. The highest BCUT2D eigenvalue weighted by molar-refractivity contribution is 5.82. The van der Waals surface area contributed by atoms with Gasteiger partial charge in [0.05, 0.1) is 29.0 Å². The van der Waals surface area contributed by atoms with Gasteiger partial charge in [-0.2, -0.15) is 0 Å². The molecule has 2 aliphatic rings. The number of fused-ring (bicyclic) bond motifs is 1. The SMILES string of the molecule is CC(C)(C)OC(=O)N[C@H]1CCC[C@@H]1c1ncc(-c2ccc(-c3ccc4nc(C5CCCN5C(=O)OC(C)(C)C)[nH]c4c3)cc2)[nH]1. The van der Waals surface area contributed by atoms with Crippen LogP contribution in [0, 0.1) is 0 Å². The number of alkyl carbamates (subject to hydrolysis) is 1. The van der Waals surface area contributed by atoms with Crippen LogP contribution >= 0.6 is 0 Å². The fraction of sp³-hybridized carbons (Fsp3) is 0.486. The first kappa shape index (κ1) is 30.7. The summed E-state index contributed by atoms with van der Waals surface area (Å²) in [6, 6.07) is 14.5. The highest BCUT2D eigenvalue weighted by Crippen LogP contribution is 2.36. The Morgan fingerprint density at radius 3 is 2.29 bits per heavy atom. The molecule has 1 unspecified atom stereocenters. The lowest BCUT2D eigenvalue weighted by Crippen LogP contribution is -2.40. The number of benzene rings is 2. The average Bonchev–Trinajstić information content (AvgIpc) is 3.76. The maximum absolute atomic E-state index is 12.8. The number of H-pyrrole nitrogens is 2. The topological polar surface area (TPSA) is 125 Å². The Balaban J connectivity index is 1.14. The molecule has 0 bridgehead atoms. The van der Waals surface area contributed by atoms with Gasteiger partial charge >= 0.3 is 12.2 Å². The predicted molar refractivity (Wildman–Crippen MR) is 174 cm³/mol. The third-order valence-electron chi connectivity index (χ3n) is 8.39. The van der Waals surface area contributed by atoms with Crippen LogP contribution in [0.25, 0.3) is 33.4 Å². The second-order valence-corrected chi connectivity index (χ2v) is 14.2. The maximum atomic E-state index is 12.8. The first-order valence-corrected chi connectivity index (χ1v) is 16.0. The van der Waals surface area contributed by atoms with E-state index in [1.54, 1.807) is 4.90 Å². The van der Waals surface area contributed by atoms with Crippen LogP contribution in [0.5, 0.6) is 0 Å². The van der Waals surface area contributed by atoms with Crippen LogP contribution in [0.2, 0.25) is 0 Å². The van der Waals surface area contributed by atoms with Gasteiger partial charge in [-0.1, -0.05) is 36.8 Å². The fourth-order valence-electron chi connectivity index (χ4n) is 6.39. The number of ether oxygens (including phenoxy) is 2. The normalized spacial score (nSPS) is 20.5. The van der Waals surface area contributed by atoms with E-state index in [9.17, 15) is 9.59 Å². The summed E-state index contributed by atoms with van der Waals surface area (Å²) in [5, 5.41) is 3.05. The number of nitrogens with zero attached hydrogens (tertiary/aromatic N) is 3. The highest BCUT2D eigenvalue weighted by Gasteiger charge is 2.35. The standard InChI is InChI=1S/C35H44N6O4/c1-34(2,3)44-32(42)40-25-10-7-9-24(25)30-36-20-28(39-30)22-14-12-21(13-15-22)23-16-17-26-27(19-23)38-31(37-26)29-11-8-18-41(29)33(43)45-35(4,5)6/h12-17,19-20,24-25,29H,7-11,18H2,1-6H3,(H,36,39)(H,37,38)(H,40,42)/t24-,25-,29?/m0/s1. The summed E-state index contributed by atoms with van der Waals surface area (Å²) in [4.78, 5) is 43.5. The van der Waals surface area contributed by atoms with Gasteiger partial charge in [0.2, 0.25) is 0 Å². The molecule has 2 amide bonds. The summed E-state index contributed by atoms with van der Waals surface area (Å²) in [6.07, 6.45) is 5.85. The molecule has 4 aromatic rings. The van der Waals surface area contributed by atoms with Crippen molar-refractivity contribution in [2.24, 2.45) is 0 Å². The summed E-state index contributed by atoms with van der Waals surface area (Å²) >= 11 is 0. The molecule has 10 heteroatoms. The number of aromatic amines is 2. The second-order valence-electron chi connectivity index (χ2n) is 14.2. The molecule has 1 saturated heterocycles. The maximum Gasteiger partial charge on any atom is 0.410 e. The van der Waals surface area contributed by atoms with Gasteiger partial charge in [-0.15, -0.1) is 0 Å². The van der Waals surface area contributed by atoms with Gasteiger partial charge in [0, 0.05) is 18.5 Å². The molecule has 6 rings (SSSR count). The second kappa shape index (κ2) is 11.9. The zero-order chi connectivity index (χ0) is 31.9. The molecule has 0 radical (unpaired) electrons. The number of amides is 2. The molecule has 10 nitrogen and oxygen atoms in total. The van der Waals surface area contributed by atoms with Crippen molar-refractivity contribution >= 4 is 23.2 Å². The van der Waals surface area contributed by atoms with Crippen molar-refractivity contribution in [3.63, 3.8) is 0 Å². The Morgan fingerprint density at radius 1 is 0.844 bits per heavy atom. The Hall–Kier alpha value is -4.34. The van der Waals surface area contributed by atoms with Crippen LogP contribution in [-0.4, -0.2) is 60.8 Å². The van der Waals surface area contributed by atoms with Crippen molar-refractivity contribution in [2.45, 2.75) is 103 Å². The number of aromatic nitrogens is 4. The molecule has 0 spiro atoms. The number of likely N-dealkylation sites (tertiary alicyclic amines) is 1. The number of hydrogen-bond acceptors (Lipinski definition) is 6.